The quantitative estimate of drug-likeness (QED) is 0.594. The van der Waals surface area contributed by atoms with Crippen LogP contribution in [0.25, 0.3) is 0 Å². The molecule has 5 nitrogen and oxygen atoms in total. The van der Waals surface area contributed by atoms with E-state index in [0.29, 0.717) is 5.92 Å². The minimum Gasteiger partial charge on any atom is -0.379 e. The number of nitrogens with zero attached hydrogens (tertiary/aromatic N) is 2. The highest BCUT2D eigenvalue weighted by Gasteiger charge is 2.10. The van der Waals surface area contributed by atoms with Crippen LogP contribution < -0.4 is 10.6 Å². The largest absolute Gasteiger partial charge is 0.379 e. The van der Waals surface area contributed by atoms with Gasteiger partial charge in [-0.05, 0) is 23.5 Å². The van der Waals surface area contributed by atoms with Crippen LogP contribution in [-0.4, -0.2) is 50.8 Å². The number of hydrogen-bond donors (Lipinski definition) is 2. The summed E-state index contributed by atoms with van der Waals surface area (Å²) < 4.78 is 5.40. The first-order chi connectivity index (χ1) is 11.7. The van der Waals surface area contributed by atoms with Crippen LogP contribution in [0.15, 0.2) is 29.3 Å². The van der Waals surface area contributed by atoms with E-state index in [4.69, 9.17) is 4.74 Å². The fourth-order valence-electron chi connectivity index (χ4n) is 2.67. The van der Waals surface area contributed by atoms with Crippen molar-refractivity contribution in [3.05, 3.63) is 35.4 Å². The molecule has 1 aromatic carbocycles. The molecule has 0 aromatic heterocycles. The molecule has 5 heteroatoms. The third-order valence-electron chi connectivity index (χ3n) is 4.23. The van der Waals surface area contributed by atoms with Gasteiger partial charge in [-0.2, -0.15) is 0 Å². The van der Waals surface area contributed by atoms with E-state index in [1.165, 1.54) is 11.1 Å². The van der Waals surface area contributed by atoms with E-state index in [9.17, 15) is 0 Å². The maximum atomic E-state index is 5.40. The van der Waals surface area contributed by atoms with E-state index in [2.05, 4.69) is 58.6 Å². The van der Waals surface area contributed by atoms with Gasteiger partial charge < -0.3 is 15.4 Å². The average molecular weight is 332 g/mol. The molecule has 0 bridgehead atoms. The third kappa shape index (κ3) is 6.89. The molecule has 24 heavy (non-hydrogen) atoms. The summed E-state index contributed by atoms with van der Waals surface area (Å²) in [6, 6.07) is 8.84. The van der Waals surface area contributed by atoms with Crippen molar-refractivity contribution >= 4 is 5.96 Å². The van der Waals surface area contributed by atoms with Crippen LogP contribution in [0.4, 0.5) is 0 Å². The Morgan fingerprint density at radius 3 is 2.42 bits per heavy atom. The number of morpholine rings is 1. The molecule has 1 aliphatic rings. The second kappa shape index (κ2) is 10.3. The van der Waals surface area contributed by atoms with Crippen LogP contribution in [0, 0.1) is 5.92 Å². The monoisotopic (exact) mass is 332 g/mol. The van der Waals surface area contributed by atoms with Gasteiger partial charge in [0.15, 0.2) is 5.96 Å². The van der Waals surface area contributed by atoms with Gasteiger partial charge in [-0.25, -0.2) is 0 Å². The van der Waals surface area contributed by atoms with Crippen LogP contribution in [-0.2, 0) is 17.8 Å². The summed E-state index contributed by atoms with van der Waals surface area (Å²) in [5, 5.41) is 6.73. The topological polar surface area (TPSA) is 48.9 Å². The highest BCUT2D eigenvalue weighted by molar-refractivity contribution is 5.79. The molecule has 1 aromatic rings. The number of benzene rings is 1. The summed E-state index contributed by atoms with van der Waals surface area (Å²) in [5.41, 5.74) is 2.63. The average Bonchev–Trinajstić information content (AvgIpc) is 2.60. The Bertz CT molecular complexity index is 493. The van der Waals surface area contributed by atoms with Crippen LogP contribution in [0.3, 0.4) is 0 Å². The van der Waals surface area contributed by atoms with E-state index >= 15 is 0 Å². The normalized spacial score (nSPS) is 16.4. The highest BCUT2D eigenvalue weighted by Crippen LogP contribution is 2.09. The summed E-state index contributed by atoms with van der Waals surface area (Å²) in [7, 11) is 1.82. The van der Waals surface area contributed by atoms with Gasteiger partial charge in [0.1, 0.15) is 0 Å². The first-order valence-corrected chi connectivity index (χ1v) is 9.00. The minimum absolute atomic E-state index is 0.703. The lowest BCUT2D eigenvalue weighted by Gasteiger charge is -2.26. The Labute approximate surface area is 146 Å². The van der Waals surface area contributed by atoms with Gasteiger partial charge in [-0.15, -0.1) is 0 Å². The molecule has 134 valence electrons. The fourth-order valence-corrected chi connectivity index (χ4v) is 2.67. The van der Waals surface area contributed by atoms with Crippen molar-refractivity contribution in [2.24, 2.45) is 10.9 Å². The zero-order valence-corrected chi connectivity index (χ0v) is 15.3. The second-order valence-electron chi connectivity index (χ2n) is 6.74. The Morgan fingerprint density at radius 2 is 1.79 bits per heavy atom. The number of hydrogen-bond acceptors (Lipinski definition) is 3. The Morgan fingerprint density at radius 1 is 1.12 bits per heavy atom. The summed E-state index contributed by atoms with van der Waals surface area (Å²) in [6.07, 6.45) is 1.15. The highest BCUT2D eigenvalue weighted by atomic mass is 16.5. The smallest absolute Gasteiger partial charge is 0.191 e. The lowest BCUT2D eigenvalue weighted by atomic mass is 10.1. The molecular formula is C19H32N4O. The van der Waals surface area contributed by atoms with E-state index < -0.39 is 0 Å². The van der Waals surface area contributed by atoms with Crippen molar-refractivity contribution in [1.29, 1.82) is 0 Å². The molecule has 2 N–H and O–H groups in total. The molecule has 0 spiro atoms. The molecular weight excluding hydrogens is 300 g/mol. The number of ether oxygens (including phenoxy) is 1. The van der Waals surface area contributed by atoms with Crippen molar-refractivity contribution in [2.75, 3.05) is 39.9 Å². The minimum atomic E-state index is 0.703. The molecule has 1 fully saturated rings. The van der Waals surface area contributed by atoms with E-state index in [0.717, 1.165) is 58.3 Å². The van der Waals surface area contributed by atoms with Crippen molar-refractivity contribution < 1.29 is 4.74 Å². The lowest BCUT2D eigenvalue weighted by molar-refractivity contribution is 0.0342. The van der Waals surface area contributed by atoms with Crippen molar-refractivity contribution in [2.45, 2.75) is 33.4 Å². The van der Waals surface area contributed by atoms with Gasteiger partial charge in [-0.3, -0.25) is 9.89 Å². The molecule has 0 amide bonds. The van der Waals surface area contributed by atoms with Crippen molar-refractivity contribution in [3.63, 3.8) is 0 Å². The molecule has 1 aliphatic heterocycles. The lowest BCUT2D eigenvalue weighted by Crippen LogP contribution is -2.37. The van der Waals surface area contributed by atoms with Gasteiger partial charge in [0.2, 0.25) is 0 Å². The van der Waals surface area contributed by atoms with Crippen LogP contribution in [0.5, 0.6) is 0 Å². The molecule has 0 unspecified atom stereocenters. The second-order valence-corrected chi connectivity index (χ2v) is 6.74. The SMILES string of the molecule is CN=C(NCCC(C)C)NCc1ccc(CN2CCOCC2)cc1. The van der Waals surface area contributed by atoms with Crippen LogP contribution >= 0.6 is 0 Å². The molecule has 0 atom stereocenters. The molecule has 1 saturated heterocycles. The summed E-state index contributed by atoms with van der Waals surface area (Å²) in [5.74, 6) is 1.57. The Kier molecular flexibility index (Phi) is 8.05. The van der Waals surface area contributed by atoms with Gasteiger partial charge in [0, 0.05) is 39.8 Å². The van der Waals surface area contributed by atoms with Crippen molar-refractivity contribution in [1.82, 2.24) is 15.5 Å². The van der Waals surface area contributed by atoms with Crippen LogP contribution in [0.1, 0.15) is 31.4 Å². The van der Waals surface area contributed by atoms with Gasteiger partial charge in [-0.1, -0.05) is 38.1 Å². The van der Waals surface area contributed by atoms with Crippen molar-refractivity contribution in [3.8, 4) is 0 Å². The molecule has 0 aliphatic carbocycles. The van der Waals surface area contributed by atoms with Gasteiger partial charge >= 0.3 is 0 Å². The fraction of sp³-hybridized carbons (Fsp3) is 0.632. The number of guanidine groups is 1. The Balaban J connectivity index is 1.74. The maximum Gasteiger partial charge on any atom is 0.191 e. The zero-order valence-electron chi connectivity index (χ0n) is 15.3. The number of rotatable bonds is 7. The zero-order chi connectivity index (χ0) is 17.2. The summed E-state index contributed by atoms with van der Waals surface area (Å²) in [6.45, 7) is 11.0. The first-order valence-electron chi connectivity index (χ1n) is 9.00. The van der Waals surface area contributed by atoms with Gasteiger partial charge in [0.25, 0.3) is 0 Å². The predicted octanol–water partition coefficient (Wildman–Crippen LogP) is 2.23. The maximum absolute atomic E-state index is 5.40. The van der Waals surface area contributed by atoms with E-state index in [1.807, 2.05) is 7.05 Å². The third-order valence-corrected chi connectivity index (χ3v) is 4.23. The number of nitrogens with one attached hydrogen (secondary N) is 2. The van der Waals surface area contributed by atoms with Crippen LogP contribution in [0.2, 0.25) is 0 Å². The number of aliphatic imine (C=N–C) groups is 1. The van der Waals surface area contributed by atoms with E-state index in [1.54, 1.807) is 0 Å². The standard InChI is InChI=1S/C19H32N4O/c1-16(2)8-9-21-19(20-3)22-14-17-4-6-18(7-5-17)15-23-10-12-24-13-11-23/h4-7,16H,8-15H2,1-3H3,(H2,20,21,22). The summed E-state index contributed by atoms with van der Waals surface area (Å²) in [4.78, 5) is 6.71. The Hall–Kier alpha value is -1.59. The molecule has 1 heterocycles. The summed E-state index contributed by atoms with van der Waals surface area (Å²) >= 11 is 0. The molecule has 0 saturated carbocycles. The predicted molar refractivity (Wildman–Crippen MR) is 100 cm³/mol. The first kappa shape index (κ1) is 18.7. The van der Waals surface area contributed by atoms with Gasteiger partial charge in [0.05, 0.1) is 13.2 Å². The molecule has 2 rings (SSSR count). The molecule has 0 radical (unpaired) electrons. The van der Waals surface area contributed by atoms with E-state index in [-0.39, 0.29) is 0 Å².